The highest BCUT2D eigenvalue weighted by Crippen LogP contribution is 2.32. The third-order valence-corrected chi connectivity index (χ3v) is 6.78. The van der Waals surface area contributed by atoms with Gasteiger partial charge in [0.2, 0.25) is 5.91 Å². The topological polar surface area (TPSA) is 120 Å². The molecule has 0 aliphatic rings. The minimum Gasteiger partial charge on any atom is -0.497 e. The van der Waals surface area contributed by atoms with Gasteiger partial charge in [0, 0.05) is 23.2 Å². The molecule has 15 heteroatoms. The molecule has 2 amide bonds. The van der Waals surface area contributed by atoms with E-state index in [1.165, 1.54) is 54.4 Å². The van der Waals surface area contributed by atoms with Crippen LogP contribution in [0.2, 0.25) is 0 Å². The lowest BCUT2D eigenvalue weighted by atomic mass is 10.2. The molecule has 0 spiro atoms. The number of ether oxygens (including phenoxy) is 2. The molecule has 39 heavy (non-hydrogen) atoms. The van der Waals surface area contributed by atoms with E-state index in [4.69, 9.17) is 9.47 Å². The Balaban J connectivity index is 1.59. The highest BCUT2D eigenvalue weighted by Gasteiger charge is 2.31. The zero-order chi connectivity index (χ0) is 28.0. The van der Waals surface area contributed by atoms with Crippen molar-refractivity contribution in [3.63, 3.8) is 0 Å². The molecular formula is C24H21F3N6O4S2. The summed E-state index contributed by atoms with van der Waals surface area (Å²) >= 11 is 2.22. The van der Waals surface area contributed by atoms with Gasteiger partial charge in [-0.2, -0.15) is 13.2 Å². The van der Waals surface area contributed by atoms with Crippen LogP contribution >= 0.6 is 23.1 Å². The molecule has 10 nitrogen and oxygen atoms in total. The Morgan fingerprint density at radius 2 is 1.82 bits per heavy atom. The molecule has 2 aromatic carbocycles. The van der Waals surface area contributed by atoms with Gasteiger partial charge >= 0.3 is 6.18 Å². The number of halogens is 3. The zero-order valence-electron chi connectivity index (χ0n) is 20.5. The second-order valence-electron chi connectivity index (χ2n) is 7.74. The molecule has 0 fully saturated rings. The molecule has 0 saturated heterocycles. The number of anilines is 1. The van der Waals surface area contributed by atoms with E-state index in [0.717, 1.165) is 23.9 Å². The van der Waals surface area contributed by atoms with Crippen LogP contribution in [0.4, 0.5) is 18.3 Å². The van der Waals surface area contributed by atoms with Gasteiger partial charge in [0.1, 0.15) is 11.5 Å². The molecular weight excluding hydrogens is 557 g/mol. The van der Waals surface area contributed by atoms with Gasteiger partial charge in [-0.25, -0.2) is 4.98 Å². The van der Waals surface area contributed by atoms with Gasteiger partial charge in [-0.1, -0.05) is 17.8 Å². The number of thiazole rings is 1. The predicted molar refractivity (Wildman–Crippen MR) is 139 cm³/mol. The Labute approximate surface area is 228 Å². The van der Waals surface area contributed by atoms with Crippen LogP contribution in [0.25, 0.3) is 5.69 Å². The first-order valence-corrected chi connectivity index (χ1v) is 13.0. The Hall–Kier alpha value is -4.11. The van der Waals surface area contributed by atoms with Crippen molar-refractivity contribution in [2.24, 2.45) is 0 Å². The molecule has 0 bridgehead atoms. The largest absolute Gasteiger partial charge is 0.497 e. The lowest BCUT2D eigenvalue weighted by Crippen LogP contribution is -2.25. The highest BCUT2D eigenvalue weighted by atomic mass is 32.2. The fourth-order valence-corrected chi connectivity index (χ4v) is 4.68. The van der Waals surface area contributed by atoms with Gasteiger partial charge in [0.05, 0.1) is 37.8 Å². The Morgan fingerprint density at radius 3 is 2.46 bits per heavy atom. The van der Waals surface area contributed by atoms with E-state index in [1.54, 1.807) is 17.6 Å². The maximum absolute atomic E-state index is 13.4. The third kappa shape index (κ3) is 7.06. The number of alkyl halides is 3. The van der Waals surface area contributed by atoms with Crippen LogP contribution in [-0.2, 0) is 17.5 Å². The fourth-order valence-electron chi connectivity index (χ4n) is 3.36. The standard InChI is InChI=1S/C24H21F3N6O4S2/c1-36-17-8-14(9-18(11-17)37-2)21(35)29-12-19-31-32-23(39-13-20(34)30-22-28-6-7-38-22)33(19)16-5-3-4-15(10-16)24(25,26)27/h3-11H,12-13H2,1-2H3,(H,29,35)(H,28,30,34). The van der Waals surface area contributed by atoms with Crippen molar-refractivity contribution < 1.29 is 32.2 Å². The number of hydrogen-bond acceptors (Lipinski definition) is 9. The van der Waals surface area contributed by atoms with Crippen molar-refractivity contribution in [2.75, 3.05) is 25.3 Å². The molecule has 4 aromatic rings. The minimum absolute atomic E-state index is 0.105. The van der Waals surface area contributed by atoms with Crippen LogP contribution in [-0.4, -0.2) is 51.5 Å². The van der Waals surface area contributed by atoms with Crippen LogP contribution in [0.5, 0.6) is 11.5 Å². The molecule has 204 valence electrons. The smallest absolute Gasteiger partial charge is 0.416 e. The number of nitrogens with zero attached hydrogens (tertiary/aromatic N) is 4. The van der Waals surface area contributed by atoms with Crippen LogP contribution < -0.4 is 20.1 Å². The molecule has 4 rings (SSSR count). The molecule has 0 aliphatic heterocycles. The summed E-state index contributed by atoms with van der Waals surface area (Å²) in [6, 6.07) is 9.23. The van der Waals surface area contributed by atoms with Gasteiger partial charge in [-0.15, -0.1) is 21.5 Å². The summed E-state index contributed by atoms with van der Waals surface area (Å²) in [5.41, 5.74) is -0.514. The van der Waals surface area contributed by atoms with E-state index in [2.05, 4.69) is 25.8 Å². The number of carbonyl (C=O) groups is 2. The van der Waals surface area contributed by atoms with Gasteiger partial charge in [-0.3, -0.25) is 14.2 Å². The summed E-state index contributed by atoms with van der Waals surface area (Å²) in [5, 5.41) is 15.7. The van der Waals surface area contributed by atoms with Gasteiger partial charge in [0.25, 0.3) is 5.91 Å². The highest BCUT2D eigenvalue weighted by molar-refractivity contribution is 7.99. The number of nitrogens with one attached hydrogen (secondary N) is 2. The van der Waals surface area contributed by atoms with E-state index in [-0.39, 0.29) is 40.4 Å². The van der Waals surface area contributed by atoms with Gasteiger partial charge < -0.3 is 20.1 Å². The van der Waals surface area contributed by atoms with Crippen LogP contribution in [0.15, 0.2) is 59.2 Å². The van der Waals surface area contributed by atoms with Crippen molar-refractivity contribution in [1.82, 2.24) is 25.1 Å². The number of thioether (sulfide) groups is 1. The number of methoxy groups -OCH3 is 2. The minimum atomic E-state index is -4.58. The van der Waals surface area contributed by atoms with E-state index < -0.39 is 17.6 Å². The first kappa shape index (κ1) is 27.9. The summed E-state index contributed by atoms with van der Waals surface area (Å²) in [6.45, 7) is -0.173. The van der Waals surface area contributed by atoms with E-state index in [9.17, 15) is 22.8 Å². The molecule has 2 N–H and O–H groups in total. The summed E-state index contributed by atoms with van der Waals surface area (Å²) in [4.78, 5) is 29.2. The second kappa shape index (κ2) is 12.2. The van der Waals surface area contributed by atoms with Crippen molar-refractivity contribution >= 4 is 40.0 Å². The van der Waals surface area contributed by atoms with Crippen LogP contribution in [0, 0.1) is 0 Å². The van der Waals surface area contributed by atoms with Crippen molar-refractivity contribution in [3.8, 4) is 17.2 Å². The van der Waals surface area contributed by atoms with E-state index in [1.807, 2.05) is 0 Å². The van der Waals surface area contributed by atoms with Crippen molar-refractivity contribution in [1.29, 1.82) is 0 Å². The van der Waals surface area contributed by atoms with E-state index in [0.29, 0.717) is 16.6 Å². The molecule has 0 unspecified atom stereocenters. The molecule has 2 heterocycles. The SMILES string of the molecule is COc1cc(OC)cc(C(=O)NCc2nnc(SCC(=O)Nc3nccs3)n2-c2cccc(C(F)(F)F)c2)c1. The quantitative estimate of drug-likeness (QED) is 0.266. The van der Waals surface area contributed by atoms with E-state index >= 15 is 0 Å². The average molecular weight is 579 g/mol. The number of aromatic nitrogens is 4. The van der Waals surface area contributed by atoms with Gasteiger partial charge in [-0.05, 0) is 30.3 Å². The molecule has 0 radical (unpaired) electrons. The number of carbonyl (C=O) groups excluding carboxylic acids is 2. The predicted octanol–water partition coefficient (Wildman–Crippen LogP) is 4.42. The summed E-state index contributed by atoms with van der Waals surface area (Å²) in [6.07, 6.45) is -3.04. The van der Waals surface area contributed by atoms with Crippen LogP contribution in [0.1, 0.15) is 21.7 Å². The lowest BCUT2D eigenvalue weighted by molar-refractivity contribution is -0.137. The summed E-state index contributed by atoms with van der Waals surface area (Å²) < 4.78 is 52.0. The molecule has 0 aliphatic carbocycles. The molecule has 2 aromatic heterocycles. The summed E-state index contributed by atoms with van der Waals surface area (Å²) in [5.74, 6) is -0.0200. The first-order valence-electron chi connectivity index (χ1n) is 11.1. The monoisotopic (exact) mass is 578 g/mol. The van der Waals surface area contributed by atoms with Crippen molar-refractivity contribution in [3.05, 3.63) is 71.0 Å². The fraction of sp³-hybridized carbons (Fsp3) is 0.208. The number of rotatable bonds is 10. The molecule has 0 saturated carbocycles. The Morgan fingerprint density at radius 1 is 1.08 bits per heavy atom. The maximum atomic E-state index is 13.4. The summed E-state index contributed by atoms with van der Waals surface area (Å²) in [7, 11) is 2.90. The average Bonchev–Trinajstić information content (AvgIpc) is 3.59. The second-order valence-corrected chi connectivity index (χ2v) is 9.58. The first-order chi connectivity index (χ1) is 18.7. The number of amides is 2. The Kier molecular flexibility index (Phi) is 8.71. The van der Waals surface area contributed by atoms with Gasteiger partial charge in [0.15, 0.2) is 16.1 Å². The number of hydrogen-bond donors (Lipinski definition) is 2. The van der Waals surface area contributed by atoms with Crippen molar-refractivity contribution in [2.45, 2.75) is 17.9 Å². The Bertz CT molecular complexity index is 1440. The van der Waals surface area contributed by atoms with Crippen LogP contribution in [0.3, 0.4) is 0 Å². The number of benzene rings is 2. The maximum Gasteiger partial charge on any atom is 0.416 e. The molecule has 0 atom stereocenters. The lowest BCUT2D eigenvalue weighted by Gasteiger charge is -2.14. The zero-order valence-corrected chi connectivity index (χ0v) is 22.1. The third-order valence-electron chi connectivity index (χ3n) is 5.16. The normalized spacial score (nSPS) is 11.2.